The maximum atomic E-state index is 4.26. The Morgan fingerprint density at radius 3 is 2.81 bits per heavy atom. The van der Waals surface area contributed by atoms with Crippen LogP contribution in [0.2, 0.25) is 0 Å². The van der Waals surface area contributed by atoms with Crippen molar-refractivity contribution in [2.24, 2.45) is 7.05 Å². The highest BCUT2D eigenvalue weighted by molar-refractivity contribution is 9.10. The van der Waals surface area contributed by atoms with Crippen molar-refractivity contribution >= 4 is 15.9 Å². The lowest BCUT2D eigenvalue weighted by atomic mass is 10.3. The van der Waals surface area contributed by atoms with Crippen LogP contribution in [0.4, 0.5) is 0 Å². The molecule has 5 nitrogen and oxygen atoms in total. The Hall–Kier alpha value is -1.27. The van der Waals surface area contributed by atoms with E-state index in [1.165, 1.54) is 0 Å². The van der Waals surface area contributed by atoms with Gasteiger partial charge in [-0.2, -0.15) is 5.10 Å². The van der Waals surface area contributed by atoms with Crippen LogP contribution in [0.5, 0.6) is 0 Å². The van der Waals surface area contributed by atoms with Crippen molar-refractivity contribution in [3.05, 3.63) is 40.6 Å². The average molecular weight is 282 g/mol. The largest absolute Gasteiger partial charge is 0.304 e. The van der Waals surface area contributed by atoms with E-state index < -0.39 is 0 Å². The molecular formula is C10H12BrN5. The van der Waals surface area contributed by atoms with Crippen molar-refractivity contribution < 1.29 is 0 Å². The standard InChI is InChI=1S/C10H12BrN5/c1-16-7-14-10(15-16)6-12-5-9-3-2-8(11)4-13-9/h2-4,7,12H,5-6H2,1H3. The zero-order valence-corrected chi connectivity index (χ0v) is 10.5. The zero-order chi connectivity index (χ0) is 11.4. The van der Waals surface area contributed by atoms with Crippen molar-refractivity contribution in [3.8, 4) is 0 Å². The second-order valence-electron chi connectivity index (χ2n) is 3.41. The van der Waals surface area contributed by atoms with Crippen molar-refractivity contribution in [2.75, 3.05) is 0 Å². The van der Waals surface area contributed by atoms with E-state index >= 15 is 0 Å². The summed E-state index contributed by atoms with van der Waals surface area (Å²) in [6, 6.07) is 3.95. The van der Waals surface area contributed by atoms with Crippen LogP contribution in [0.3, 0.4) is 0 Å². The van der Waals surface area contributed by atoms with E-state index in [-0.39, 0.29) is 0 Å². The molecule has 16 heavy (non-hydrogen) atoms. The van der Waals surface area contributed by atoms with Gasteiger partial charge in [-0.1, -0.05) is 0 Å². The Bertz CT molecular complexity index is 450. The van der Waals surface area contributed by atoms with Gasteiger partial charge in [-0.05, 0) is 28.1 Å². The maximum Gasteiger partial charge on any atom is 0.164 e. The van der Waals surface area contributed by atoms with Crippen LogP contribution >= 0.6 is 15.9 Å². The highest BCUT2D eigenvalue weighted by Gasteiger charge is 1.98. The molecule has 0 aromatic carbocycles. The number of nitrogens with zero attached hydrogens (tertiary/aromatic N) is 4. The van der Waals surface area contributed by atoms with Gasteiger partial charge in [-0.3, -0.25) is 9.67 Å². The highest BCUT2D eigenvalue weighted by atomic mass is 79.9. The fraction of sp³-hybridized carbons (Fsp3) is 0.300. The summed E-state index contributed by atoms with van der Waals surface area (Å²) in [4.78, 5) is 8.38. The van der Waals surface area contributed by atoms with Gasteiger partial charge in [0.2, 0.25) is 0 Å². The fourth-order valence-electron chi connectivity index (χ4n) is 1.28. The molecule has 0 atom stereocenters. The first-order chi connectivity index (χ1) is 7.74. The van der Waals surface area contributed by atoms with Crippen LogP contribution in [-0.2, 0) is 20.1 Å². The maximum absolute atomic E-state index is 4.26. The lowest BCUT2D eigenvalue weighted by molar-refractivity contribution is 0.640. The van der Waals surface area contributed by atoms with Gasteiger partial charge in [-0.15, -0.1) is 0 Å². The molecule has 2 aromatic heterocycles. The van der Waals surface area contributed by atoms with Crippen LogP contribution < -0.4 is 5.32 Å². The van der Waals surface area contributed by atoms with Gasteiger partial charge in [0.1, 0.15) is 6.33 Å². The number of pyridine rings is 1. The molecular weight excluding hydrogens is 270 g/mol. The predicted molar refractivity (Wildman–Crippen MR) is 63.5 cm³/mol. The van der Waals surface area contributed by atoms with E-state index in [4.69, 9.17) is 0 Å². The topological polar surface area (TPSA) is 55.6 Å². The molecule has 0 saturated carbocycles. The van der Waals surface area contributed by atoms with Crippen molar-refractivity contribution in [3.63, 3.8) is 0 Å². The normalized spacial score (nSPS) is 10.6. The van der Waals surface area contributed by atoms with Crippen molar-refractivity contribution in [1.82, 2.24) is 25.1 Å². The molecule has 6 heteroatoms. The molecule has 84 valence electrons. The summed E-state index contributed by atoms with van der Waals surface area (Å²) >= 11 is 3.35. The number of rotatable bonds is 4. The predicted octanol–water partition coefficient (Wildman–Crippen LogP) is 1.26. The third-order valence-electron chi connectivity index (χ3n) is 2.02. The number of halogens is 1. The summed E-state index contributed by atoms with van der Waals surface area (Å²) in [5.74, 6) is 0.791. The van der Waals surface area contributed by atoms with Crippen LogP contribution in [0.1, 0.15) is 11.5 Å². The molecule has 0 aliphatic rings. The summed E-state index contributed by atoms with van der Waals surface area (Å²) in [6.45, 7) is 1.37. The summed E-state index contributed by atoms with van der Waals surface area (Å²) < 4.78 is 2.68. The molecule has 0 fully saturated rings. The number of hydrogen-bond donors (Lipinski definition) is 1. The first-order valence-electron chi connectivity index (χ1n) is 4.90. The van der Waals surface area contributed by atoms with E-state index in [9.17, 15) is 0 Å². The molecule has 0 aliphatic heterocycles. The van der Waals surface area contributed by atoms with Gasteiger partial charge in [0.05, 0.1) is 12.2 Å². The molecule has 2 aromatic rings. The van der Waals surface area contributed by atoms with Crippen LogP contribution in [-0.4, -0.2) is 19.7 Å². The molecule has 1 N–H and O–H groups in total. The van der Waals surface area contributed by atoms with Gasteiger partial charge in [-0.25, -0.2) is 4.98 Å². The van der Waals surface area contributed by atoms with E-state index in [1.807, 2.05) is 19.2 Å². The van der Waals surface area contributed by atoms with Crippen LogP contribution in [0.25, 0.3) is 0 Å². The molecule has 0 unspecified atom stereocenters. The summed E-state index contributed by atoms with van der Waals surface area (Å²) in [7, 11) is 1.85. The van der Waals surface area contributed by atoms with E-state index in [0.29, 0.717) is 13.1 Å². The smallest absolute Gasteiger partial charge is 0.164 e. The van der Waals surface area contributed by atoms with Gasteiger partial charge < -0.3 is 5.32 Å². The van der Waals surface area contributed by atoms with E-state index in [0.717, 1.165) is 16.0 Å². The minimum absolute atomic E-state index is 0.651. The molecule has 0 bridgehead atoms. The van der Waals surface area contributed by atoms with Gasteiger partial charge in [0.25, 0.3) is 0 Å². The Labute approximate surface area is 102 Å². The number of hydrogen-bond acceptors (Lipinski definition) is 4. The van der Waals surface area contributed by atoms with Crippen LogP contribution in [0, 0.1) is 0 Å². The number of aryl methyl sites for hydroxylation is 1. The van der Waals surface area contributed by atoms with Gasteiger partial charge >= 0.3 is 0 Å². The lowest BCUT2D eigenvalue weighted by Gasteiger charge is -2.01. The molecule has 0 spiro atoms. The summed E-state index contributed by atoms with van der Waals surface area (Å²) in [6.07, 6.45) is 3.48. The molecule has 0 saturated heterocycles. The molecule has 2 heterocycles. The Morgan fingerprint density at radius 2 is 2.19 bits per heavy atom. The zero-order valence-electron chi connectivity index (χ0n) is 8.89. The average Bonchev–Trinajstić information content (AvgIpc) is 2.67. The Balaban J connectivity index is 1.82. The molecule has 0 aliphatic carbocycles. The van der Waals surface area contributed by atoms with Crippen LogP contribution in [0.15, 0.2) is 29.1 Å². The second-order valence-corrected chi connectivity index (χ2v) is 4.32. The van der Waals surface area contributed by atoms with Gasteiger partial charge in [0, 0.05) is 24.3 Å². The first-order valence-corrected chi connectivity index (χ1v) is 5.69. The minimum atomic E-state index is 0.651. The van der Waals surface area contributed by atoms with E-state index in [2.05, 4.69) is 36.3 Å². The number of aromatic nitrogens is 4. The third-order valence-corrected chi connectivity index (χ3v) is 2.49. The summed E-state index contributed by atoms with van der Waals surface area (Å²) in [5, 5.41) is 7.41. The highest BCUT2D eigenvalue weighted by Crippen LogP contribution is 2.07. The molecule has 2 rings (SSSR count). The van der Waals surface area contributed by atoms with Gasteiger partial charge in [0.15, 0.2) is 5.82 Å². The first kappa shape index (κ1) is 11.2. The second kappa shape index (κ2) is 5.18. The monoisotopic (exact) mass is 281 g/mol. The molecule has 0 radical (unpaired) electrons. The number of nitrogens with one attached hydrogen (secondary N) is 1. The SMILES string of the molecule is Cn1cnc(CNCc2ccc(Br)cn2)n1. The Morgan fingerprint density at radius 1 is 1.31 bits per heavy atom. The fourth-order valence-corrected chi connectivity index (χ4v) is 1.51. The van der Waals surface area contributed by atoms with E-state index in [1.54, 1.807) is 17.2 Å². The lowest BCUT2D eigenvalue weighted by Crippen LogP contribution is -2.14. The molecule has 0 amide bonds. The summed E-state index contributed by atoms with van der Waals surface area (Å²) in [5.41, 5.74) is 0.999. The Kier molecular flexibility index (Phi) is 3.63. The third kappa shape index (κ3) is 3.11. The van der Waals surface area contributed by atoms with Crippen molar-refractivity contribution in [1.29, 1.82) is 0 Å². The quantitative estimate of drug-likeness (QED) is 0.917. The minimum Gasteiger partial charge on any atom is -0.304 e. The van der Waals surface area contributed by atoms with Crippen molar-refractivity contribution in [2.45, 2.75) is 13.1 Å².